The van der Waals surface area contributed by atoms with Gasteiger partial charge in [0, 0.05) is 30.4 Å². The SMILES string of the molecule is CCCS(=O)(=O)NC1CCN(C(=O)Cc2c(C)nn(-c3ccc(Cl)c(Cl)c3)c2C)C1. The van der Waals surface area contributed by atoms with Crippen LogP contribution in [0.1, 0.15) is 36.7 Å². The maximum Gasteiger partial charge on any atom is 0.227 e. The summed E-state index contributed by atoms with van der Waals surface area (Å²) < 4.78 is 28.4. The van der Waals surface area contributed by atoms with Gasteiger partial charge in [-0.2, -0.15) is 5.10 Å². The third kappa shape index (κ3) is 5.17. The maximum absolute atomic E-state index is 12.9. The highest BCUT2D eigenvalue weighted by Gasteiger charge is 2.30. The standard InChI is InChI=1S/C20H26Cl2N4O3S/c1-4-9-30(28,29)24-15-7-8-25(12-15)20(27)11-17-13(2)23-26(14(17)3)16-5-6-18(21)19(22)10-16/h5-6,10,15,24H,4,7-9,11-12H2,1-3H3. The van der Waals surface area contributed by atoms with Crippen LogP contribution >= 0.6 is 23.2 Å². The molecular formula is C20H26Cl2N4O3S. The van der Waals surface area contributed by atoms with Crippen LogP contribution in [0.4, 0.5) is 0 Å². The quantitative estimate of drug-likeness (QED) is 0.669. The zero-order chi connectivity index (χ0) is 22.1. The number of nitrogens with zero attached hydrogens (tertiary/aromatic N) is 3. The van der Waals surface area contributed by atoms with Crippen LogP contribution in [0.5, 0.6) is 0 Å². The van der Waals surface area contributed by atoms with Gasteiger partial charge in [-0.25, -0.2) is 17.8 Å². The number of rotatable bonds is 7. The minimum absolute atomic E-state index is 0.0351. The summed E-state index contributed by atoms with van der Waals surface area (Å²) in [5.41, 5.74) is 3.27. The maximum atomic E-state index is 12.9. The van der Waals surface area contributed by atoms with Crippen LogP contribution in [0.2, 0.25) is 10.0 Å². The van der Waals surface area contributed by atoms with Gasteiger partial charge in [-0.3, -0.25) is 4.79 Å². The predicted molar refractivity (Wildman–Crippen MR) is 119 cm³/mol. The van der Waals surface area contributed by atoms with Gasteiger partial charge >= 0.3 is 0 Å². The lowest BCUT2D eigenvalue weighted by atomic mass is 10.1. The van der Waals surface area contributed by atoms with Crippen LogP contribution in [0, 0.1) is 13.8 Å². The van der Waals surface area contributed by atoms with E-state index in [1.807, 2.05) is 26.8 Å². The van der Waals surface area contributed by atoms with E-state index in [-0.39, 0.29) is 24.1 Å². The number of halogens is 2. The second-order valence-corrected chi connectivity index (χ2v) is 10.3. The summed E-state index contributed by atoms with van der Waals surface area (Å²) in [6.45, 7) is 6.54. The molecule has 30 heavy (non-hydrogen) atoms. The van der Waals surface area contributed by atoms with Crippen LogP contribution in [-0.2, 0) is 21.2 Å². The molecule has 1 fully saturated rings. The lowest BCUT2D eigenvalue weighted by molar-refractivity contribution is -0.129. The first-order valence-corrected chi connectivity index (χ1v) is 12.3. The van der Waals surface area contributed by atoms with E-state index in [0.29, 0.717) is 36.0 Å². The first-order valence-electron chi connectivity index (χ1n) is 9.89. The number of nitrogens with one attached hydrogen (secondary N) is 1. The fourth-order valence-corrected chi connectivity index (χ4v) is 5.37. The number of sulfonamides is 1. The molecule has 7 nitrogen and oxygen atoms in total. The summed E-state index contributed by atoms with van der Waals surface area (Å²) in [4.78, 5) is 14.6. The average Bonchev–Trinajstić information content (AvgIpc) is 3.23. The normalized spacial score (nSPS) is 17.0. The van der Waals surface area contributed by atoms with E-state index in [1.54, 1.807) is 21.7 Å². The van der Waals surface area contributed by atoms with Crippen molar-refractivity contribution in [3.8, 4) is 5.69 Å². The fraction of sp³-hybridized carbons (Fsp3) is 0.500. The number of hydrogen-bond donors (Lipinski definition) is 1. The van der Waals surface area contributed by atoms with E-state index in [1.165, 1.54) is 0 Å². The molecule has 3 rings (SSSR count). The van der Waals surface area contributed by atoms with Crippen molar-refractivity contribution in [3.05, 3.63) is 45.2 Å². The van der Waals surface area contributed by atoms with Crippen molar-refractivity contribution in [3.63, 3.8) is 0 Å². The van der Waals surface area contributed by atoms with E-state index in [9.17, 15) is 13.2 Å². The number of aromatic nitrogens is 2. The molecule has 0 bridgehead atoms. The molecule has 1 aliphatic heterocycles. The number of likely N-dealkylation sites (tertiary alicyclic amines) is 1. The smallest absolute Gasteiger partial charge is 0.227 e. The van der Waals surface area contributed by atoms with Gasteiger partial charge in [-0.15, -0.1) is 0 Å². The molecule has 2 aromatic rings. The average molecular weight is 473 g/mol. The van der Waals surface area contributed by atoms with E-state index in [2.05, 4.69) is 9.82 Å². The van der Waals surface area contributed by atoms with Gasteiger partial charge < -0.3 is 4.90 Å². The largest absolute Gasteiger partial charge is 0.341 e. The van der Waals surface area contributed by atoms with Crippen LogP contribution < -0.4 is 4.72 Å². The van der Waals surface area contributed by atoms with Crippen LogP contribution in [0.15, 0.2) is 18.2 Å². The molecule has 0 radical (unpaired) electrons. The predicted octanol–water partition coefficient (Wildman–Crippen LogP) is 3.27. The molecule has 164 valence electrons. The molecule has 1 atom stereocenters. The Balaban J connectivity index is 1.70. The van der Waals surface area contributed by atoms with Crippen molar-refractivity contribution >= 4 is 39.1 Å². The van der Waals surface area contributed by atoms with Crippen molar-refractivity contribution in [2.45, 2.75) is 46.1 Å². The Kier molecular flexibility index (Phi) is 7.12. The highest BCUT2D eigenvalue weighted by molar-refractivity contribution is 7.89. The van der Waals surface area contributed by atoms with Crippen LogP contribution in [0.25, 0.3) is 5.69 Å². The van der Waals surface area contributed by atoms with Gasteiger partial charge in [0.15, 0.2) is 0 Å². The van der Waals surface area contributed by atoms with Gasteiger partial charge in [0.2, 0.25) is 15.9 Å². The summed E-state index contributed by atoms with van der Waals surface area (Å²) in [6.07, 6.45) is 1.40. The molecule has 0 saturated carbocycles. The van der Waals surface area contributed by atoms with Crippen LogP contribution in [-0.4, -0.2) is 53.9 Å². The Labute approximate surface area is 187 Å². The van der Waals surface area contributed by atoms with E-state index in [4.69, 9.17) is 23.2 Å². The third-order valence-electron chi connectivity index (χ3n) is 5.28. The molecular weight excluding hydrogens is 447 g/mol. The Morgan fingerprint density at radius 3 is 2.67 bits per heavy atom. The summed E-state index contributed by atoms with van der Waals surface area (Å²) >= 11 is 12.1. The summed E-state index contributed by atoms with van der Waals surface area (Å²) in [5, 5.41) is 5.47. The molecule has 10 heteroatoms. The van der Waals surface area contributed by atoms with Gasteiger partial charge in [-0.1, -0.05) is 30.1 Å². The molecule has 2 heterocycles. The van der Waals surface area contributed by atoms with Crippen LogP contribution in [0.3, 0.4) is 0 Å². The second-order valence-electron chi connectivity index (χ2n) is 7.60. The van der Waals surface area contributed by atoms with Gasteiger partial charge in [-0.05, 0) is 44.9 Å². The number of carbonyl (C=O) groups is 1. The molecule has 1 unspecified atom stereocenters. The minimum atomic E-state index is -3.29. The number of amides is 1. The molecule has 1 aromatic heterocycles. The van der Waals surface area contributed by atoms with Gasteiger partial charge in [0.25, 0.3) is 0 Å². The Bertz CT molecular complexity index is 1050. The van der Waals surface area contributed by atoms with E-state index in [0.717, 1.165) is 22.6 Å². The number of hydrogen-bond acceptors (Lipinski definition) is 4. The lowest BCUT2D eigenvalue weighted by Crippen LogP contribution is -2.39. The van der Waals surface area contributed by atoms with Crippen molar-refractivity contribution in [2.24, 2.45) is 0 Å². The summed E-state index contributed by atoms with van der Waals surface area (Å²) in [7, 11) is -3.29. The van der Waals surface area contributed by atoms with Gasteiger partial charge in [0.05, 0.1) is 33.6 Å². The summed E-state index contributed by atoms with van der Waals surface area (Å²) in [6, 6.07) is 5.05. The first-order chi connectivity index (χ1) is 14.1. The highest BCUT2D eigenvalue weighted by atomic mass is 35.5. The van der Waals surface area contributed by atoms with E-state index >= 15 is 0 Å². The molecule has 0 aliphatic carbocycles. The monoisotopic (exact) mass is 472 g/mol. The number of aryl methyl sites for hydroxylation is 1. The Morgan fingerprint density at radius 1 is 1.27 bits per heavy atom. The van der Waals surface area contributed by atoms with Crippen molar-refractivity contribution < 1.29 is 13.2 Å². The lowest BCUT2D eigenvalue weighted by Gasteiger charge is -2.17. The Morgan fingerprint density at radius 2 is 2.00 bits per heavy atom. The first kappa shape index (κ1) is 23.1. The fourth-order valence-electron chi connectivity index (χ4n) is 3.73. The van der Waals surface area contributed by atoms with Gasteiger partial charge in [0.1, 0.15) is 0 Å². The van der Waals surface area contributed by atoms with Crippen molar-refractivity contribution in [1.82, 2.24) is 19.4 Å². The zero-order valence-electron chi connectivity index (χ0n) is 17.3. The number of carbonyl (C=O) groups excluding carboxylic acids is 1. The highest BCUT2D eigenvalue weighted by Crippen LogP contribution is 2.26. The molecule has 1 amide bonds. The molecule has 1 N–H and O–H groups in total. The minimum Gasteiger partial charge on any atom is -0.341 e. The molecule has 0 spiro atoms. The third-order valence-corrected chi connectivity index (χ3v) is 7.65. The molecule has 1 aliphatic rings. The topological polar surface area (TPSA) is 84.3 Å². The Hall–Kier alpha value is -1.61. The number of benzene rings is 1. The zero-order valence-corrected chi connectivity index (χ0v) is 19.6. The molecule has 1 aromatic carbocycles. The second kappa shape index (κ2) is 9.26. The summed E-state index contributed by atoms with van der Waals surface area (Å²) in [5.74, 6) is 0.0658. The molecule has 1 saturated heterocycles. The van der Waals surface area contributed by atoms with E-state index < -0.39 is 10.0 Å². The van der Waals surface area contributed by atoms with Crippen molar-refractivity contribution in [1.29, 1.82) is 0 Å². The van der Waals surface area contributed by atoms with Crippen molar-refractivity contribution in [2.75, 3.05) is 18.8 Å².